The number of carbonyl (C=O) groups is 1. The van der Waals surface area contributed by atoms with Gasteiger partial charge in [-0.05, 0) is 18.2 Å². The van der Waals surface area contributed by atoms with Gasteiger partial charge in [0.15, 0.2) is 34.6 Å². The van der Waals surface area contributed by atoms with Crippen LogP contribution in [0.3, 0.4) is 0 Å². The zero-order chi connectivity index (χ0) is 15.8. The fourth-order valence-corrected chi connectivity index (χ4v) is 3.48. The summed E-state index contributed by atoms with van der Waals surface area (Å²) in [4.78, 5) is 11.5. The Morgan fingerprint density at radius 2 is 1.87 bits per heavy atom. The molecule has 7 heteroatoms. The second-order valence-electron chi connectivity index (χ2n) is 5.98. The first-order valence-electron chi connectivity index (χ1n) is 7.14. The third-order valence-electron chi connectivity index (χ3n) is 4.64. The molecule has 0 aromatic heterocycles. The average Bonchev–Trinajstić information content (AvgIpc) is 3.09. The summed E-state index contributed by atoms with van der Waals surface area (Å²) >= 11 is 0. The Labute approximate surface area is 130 Å². The second-order valence-corrected chi connectivity index (χ2v) is 5.98. The molecule has 3 unspecified atom stereocenters. The minimum absolute atomic E-state index is 0.0764. The summed E-state index contributed by atoms with van der Waals surface area (Å²) in [5, 5.41) is 22.1. The maximum absolute atomic E-state index is 11.5. The summed E-state index contributed by atoms with van der Waals surface area (Å²) in [6, 6.07) is 3.26. The first-order chi connectivity index (χ1) is 11.0. The van der Waals surface area contributed by atoms with E-state index in [1.165, 1.54) is 18.2 Å². The largest absolute Gasteiger partial charge is 0.491 e. The molecule has 0 radical (unpaired) electrons. The van der Waals surface area contributed by atoms with Crippen LogP contribution in [0.15, 0.2) is 36.1 Å². The number of carbonyl (C=O) groups excluding carboxylic acids is 1. The number of ether oxygens (including phenoxy) is 4. The van der Waals surface area contributed by atoms with Crippen molar-refractivity contribution >= 4 is 5.78 Å². The van der Waals surface area contributed by atoms with E-state index in [1.54, 1.807) is 12.1 Å². The molecule has 4 aliphatic rings. The van der Waals surface area contributed by atoms with E-state index in [0.29, 0.717) is 22.8 Å². The standard InChI is InChI=1S/C16H12O7/c17-8-1-2-15(18)13(3-8)20-6-16(19)9-4-11-12(22-7-21-11)5-10(9)23-14(15)16/h1-5,14,18-19H,6-7H2. The van der Waals surface area contributed by atoms with Gasteiger partial charge in [-0.2, -0.15) is 0 Å². The van der Waals surface area contributed by atoms with Crippen molar-refractivity contribution in [3.8, 4) is 17.2 Å². The molecule has 1 aromatic rings. The van der Waals surface area contributed by atoms with Gasteiger partial charge in [0.2, 0.25) is 6.79 Å². The van der Waals surface area contributed by atoms with Crippen LogP contribution in [-0.2, 0) is 15.1 Å². The lowest BCUT2D eigenvalue weighted by molar-refractivity contribution is -0.187. The molecule has 7 nitrogen and oxygen atoms in total. The highest BCUT2D eigenvalue weighted by Crippen LogP contribution is 2.54. The molecule has 1 saturated heterocycles. The highest BCUT2D eigenvalue weighted by molar-refractivity contribution is 6.01. The Balaban J connectivity index is 1.66. The molecule has 5 rings (SSSR count). The van der Waals surface area contributed by atoms with Gasteiger partial charge in [-0.1, -0.05) is 0 Å². The molecule has 0 amide bonds. The van der Waals surface area contributed by atoms with Gasteiger partial charge in [-0.15, -0.1) is 0 Å². The van der Waals surface area contributed by atoms with Gasteiger partial charge in [0.25, 0.3) is 0 Å². The van der Waals surface area contributed by atoms with Gasteiger partial charge >= 0.3 is 0 Å². The van der Waals surface area contributed by atoms with Gasteiger partial charge in [0.1, 0.15) is 18.1 Å². The van der Waals surface area contributed by atoms with E-state index >= 15 is 0 Å². The van der Waals surface area contributed by atoms with Crippen LogP contribution in [0.25, 0.3) is 0 Å². The van der Waals surface area contributed by atoms with Crippen molar-refractivity contribution in [1.29, 1.82) is 0 Å². The number of hydrogen-bond acceptors (Lipinski definition) is 7. The minimum atomic E-state index is -1.72. The lowest BCUT2D eigenvalue weighted by Crippen LogP contribution is -2.61. The van der Waals surface area contributed by atoms with Crippen LogP contribution in [0.4, 0.5) is 0 Å². The molecule has 3 aliphatic heterocycles. The van der Waals surface area contributed by atoms with Crippen LogP contribution in [0, 0.1) is 0 Å². The summed E-state index contributed by atoms with van der Waals surface area (Å²) < 4.78 is 22.0. The normalized spacial score (nSPS) is 35.7. The topological polar surface area (TPSA) is 94.5 Å². The highest BCUT2D eigenvalue weighted by Gasteiger charge is 2.63. The molecule has 3 heterocycles. The van der Waals surface area contributed by atoms with Gasteiger partial charge in [0.05, 0.1) is 0 Å². The summed E-state index contributed by atoms with van der Waals surface area (Å²) in [6.45, 7) is -0.0299. The molecule has 0 spiro atoms. The van der Waals surface area contributed by atoms with Gasteiger partial charge in [-0.3, -0.25) is 4.79 Å². The first kappa shape index (κ1) is 13.0. The predicted octanol–water partition coefficient (Wildman–Crippen LogP) is 0.148. The van der Waals surface area contributed by atoms with Crippen molar-refractivity contribution in [2.24, 2.45) is 0 Å². The molecule has 23 heavy (non-hydrogen) atoms. The van der Waals surface area contributed by atoms with Crippen molar-refractivity contribution in [2.75, 3.05) is 13.4 Å². The molecule has 2 N–H and O–H groups in total. The lowest BCUT2D eigenvalue weighted by atomic mass is 9.76. The zero-order valence-corrected chi connectivity index (χ0v) is 11.8. The van der Waals surface area contributed by atoms with Crippen molar-refractivity contribution in [2.45, 2.75) is 17.3 Å². The van der Waals surface area contributed by atoms with Crippen LogP contribution in [0.2, 0.25) is 0 Å². The lowest BCUT2D eigenvalue weighted by Gasteiger charge is -2.45. The monoisotopic (exact) mass is 316 g/mol. The molecular weight excluding hydrogens is 304 g/mol. The van der Waals surface area contributed by atoms with E-state index < -0.39 is 17.3 Å². The average molecular weight is 316 g/mol. The Kier molecular flexibility index (Phi) is 2.18. The van der Waals surface area contributed by atoms with Crippen LogP contribution >= 0.6 is 0 Å². The number of fused-ring (bicyclic) bond motifs is 6. The minimum Gasteiger partial charge on any atom is -0.491 e. The van der Waals surface area contributed by atoms with Crippen LogP contribution in [-0.4, -0.2) is 41.1 Å². The van der Waals surface area contributed by atoms with E-state index in [1.807, 2.05) is 0 Å². The SMILES string of the molecule is O=C1C=CC2(O)C(=C1)OCC1(O)c3cc4c(cc3OC21)OCO4. The van der Waals surface area contributed by atoms with Crippen molar-refractivity contribution in [1.82, 2.24) is 0 Å². The molecule has 1 fully saturated rings. The second kappa shape index (κ2) is 3.87. The number of rotatable bonds is 0. The quantitative estimate of drug-likeness (QED) is 0.703. The molecule has 118 valence electrons. The zero-order valence-electron chi connectivity index (χ0n) is 11.8. The molecule has 0 bridgehead atoms. The van der Waals surface area contributed by atoms with Gasteiger partial charge in [0, 0.05) is 17.7 Å². The highest BCUT2D eigenvalue weighted by atomic mass is 16.7. The molecule has 3 atom stereocenters. The summed E-state index contributed by atoms with van der Waals surface area (Å²) in [5.41, 5.74) is -2.82. The molecule has 1 aromatic carbocycles. The third kappa shape index (κ3) is 1.48. The Hall–Kier alpha value is -2.51. The van der Waals surface area contributed by atoms with Crippen molar-refractivity contribution in [3.05, 3.63) is 41.7 Å². The maximum Gasteiger partial charge on any atom is 0.231 e. The van der Waals surface area contributed by atoms with Crippen molar-refractivity contribution < 1.29 is 34.0 Å². The third-order valence-corrected chi connectivity index (χ3v) is 4.64. The molecular formula is C16H12O7. The van der Waals surface area contributed by atoms with Crippen LogP contribution in [0.5, 0.6) is 17.2 Å². The van der Waals surface area contributed by atoms with E-state index in [-0.39, 0.29) is 24.9 Å². The van der Waals surface area contributed by atoms with Crippen LogP contribution in [0.1, 0.15) is 5.56 Å². The molecule has 1 aliphatic carbocycles. The summed E-state index contributed by atoms with van der Waals surface area (Å²) in [5.74, 6) is 1.21. The Morgan fingerprint density at radius 1 is 1.09 bits per heavy atom. The van der Waals surface area contributed by atoms with E-state index in [2.05, 4.69) is 0 Å². The maximum atomic E-state index is 11.5. The van der Waals surface area contributed by atoms with Crippen LogP contribution < -0.4 is 14.2 Å². The number of hydrogen-bond donors (Lipinski definition) is 2. The Bertz CT molecular complexity index is 811. The fraction of sp³-hybridized carbons (Fsp3) is 0.312. The molecule has 0 saturated carbocycles. The smallest absolute Gasteiger partial charge is 0.231 e. The van der Waals surface area contributed by atoms with E-state index in [4.69, 9.17) is 18.9 Å². The number of aliphatic hydroxyl groups is 2. The van der Waals surface area contributed by atoms with E-state index in [0.717, 1.165) is 0 Å². The predicted molar refractivity (Wildman–Crippen MR) is 74.0 cm³/mol. The number of benzene rings is 1. The summed E-state index contributed by atoms with van der Waals surface area (Å²) in [7, 11) is 0. The summed E-state index contributed by atoms with van der Waals surface area (Å²) in [6.07, 6.45) is 2.71. The van der Waals surface area contributed by atoms with E-state index in [9.17, 15) is 15.0 Å². The number of ketones is 1. The first-order valence-corrected chi connectivity index (χ1v) is 7.14. The van der Waals surface area contributed by atoms with Gasteiger partial charge < -0.3 is 29.2 Å². The number of allylic oxidation sites excluding steroid dienone is 2. The Morgan fingerprint density at radius 3 is 2.70 bits per heavy atom. The van der Waals surface area contributed by atoms with Crippen molar-refractivity contribution in [3.63, 3.8) is 0 Å². The van der Waals surface area contributed by atoms with Gasteiger partial charge in [-0.25, -0.2) is 0 Å². The fourth-order valence-electron chi connectivity index (χ4n) is 3.48.